The second-order valence-electron chi connectivity index (χ2n) is 6.89. The summed E-state index contributed by atoms with van der Waals surface area (Å²) < 4.78 is 6.28. The Labute approximate surface area is 188 Å². The van der Waals surface area contributed by atoms with Crippen molar-refractivity contribution in [1.82, 2.24) is 0 Å². The predicted octanol–water partition coefficient (Wildman–Crippen LogP) is 5.75. The summed E-state index contributed by atoms with van der Waals surface area (Å²) in [5, 5.41) is 0. The topological polar surface area (TPSA) is 55.7 Å². The molecule has 30 heavy (non-hydrogen) atoms. The molecule has 1 aliphatic rings. The highest BCUT2D eigenvalue weighted by atomic mass is 127. The van der Waals surface area contributed by atoms with Crippen molar-refractivity contribution in [2.45, 2.75) is 6.92 Å². The van der Waals surface area contributed by atoms with Gasteiger partial charge in [-0.15, -0.1) is 0 Å². The Morgan fingerprint density at radius 3 is 2.27 bits per heavy atom. The summed E-state index contributed by atoms with van der Waals surface area (Å²) in [5.74, 6) is 0.756. The van der Waals surface area contributed by atoms with Gasteiger partial charge in [-0.3, -0.25) is 9.59 Å². The maximum Gasteiger partial charge on any atom is 0.159 e. The zero-order chi connectivity index (χ0) is 21.3. The largest absolute Gasteiger partial charge is 0.497 e. The van der Waals surface area contributed by atoms with Crippen molar-refractivity contribution in [1.29, 1.82) is 0 Å². The SMILES string of the molecule is COc1ccc(/N=C2/C(c3ccc(C(C)=O)cc3)=C(C=O)c3cc(I)ccc32)cc1. The predicted molar refractivity (Wildman–Crippen MR) is 128 cm³/mol. The minimum atomic E-state index is 0.00234. The highest BCUT2D eigenvalue weighted by Gasteiger charge is 2.29. The summed E-state index contributed by atoms with van der Waals surface area (Å²) >= 11 is 2.24. The summed E-state index contributed by atoms with van der Waals surface area (Å²) in [5.41, 5.74) is 6.14. The number of ketones is 1. The Balaban J connectivity index is 1.92. The molecule has 0 aromatic heterocycles. The lowest BCUT2D eigenvalue weighted by Gasteiger charge is -2.09. The summed E-state index contributed by atoms with van der Waals surface area (Å²) in [6.45, 7) is 1.54. The van der Waals surface area contributed by atoms with Crippen LogP contribution in [-0.2, 0) is 4.79 Å². The molecule has 0 unspecified atom stereocenters. The fourth-order valence-corrected chi connectivity index (χ4v) is 4.02. The molecule has 148 valence electrons. The Hall–Kier alpha value is -3.06. The van der Waals surface area contributed by atoms with Crippen molar-refractivity contribution in [2.24, 2.45) is 4.99 Å². The van der Waals surface area contributed by atoms with E-state index in [1.807, 2.05) is 54.6 Å². The highest BCUT2D eigenvalue weighted by molar-refractivity contribution is 14.1. The van der Waals surface area contributed by atoms with Gasteiger partial charge in [0, 0.05) is 25.8 Å². The van der Waals surface area contributed by atoms with E-state index in [0.717, 1.165) is 49.3 Å². The first-order valence-corrected chi connectivity index (χ1v) is 10.4. The van der Waals surface area contributed by atoms with Gasteiger partial charge in [0.25, 0.3) is 0 Å². The number of fused-ring (bicyclic) bond motifs is 1. The lowest BCUT2D eigenvalue weighted by Crippen LogP contribution is -2.01. The number of halogens is 1. The van der Waals surface area contributed by atoms with E-state index in [9.17, 15) is 9.59 Å². The average molecular weight is 507 g/mol. The number of nitrogens with zero attached hydrogens (tertiary/aromatic N) is 1. The molecule has 0 heterocycles. The first kappa shape index (κ1) is 20.2. The zero-order valence-electron chi connectivity index (χ0n) is 16.5. The first-order chi connectivity index (χ1) is 14.5. The molecule has 0 radical (unpaired) electrons. The monoisotopic (exact) mass is 507 g/mol. The second kappa shape index (κ2) is 8.36. The molecule has 0 amide bonds. The molecule has 4 nitrogen and oxygen atoms in total. The highest BCUT2D eigenvalue weighted by Crippen LogP contribution is 2.40. The number of benzene rings is 3. The number of carbonyl (C=O) groups excluding carboxylic acids is 2. The minimum Gasteiger partial charge on any atom is -0.497 e. The third kappa shape index (κ3) is 3.73. The van der Waals surface area contributed by atoms with Crippen LogP contribution in [0.3, 0.4) is 0 Å². The number of hydrogen-bond acceptors (Lipinski definition) is 4. The van der Waals surface area contributed by atoms with Crippen molar-refractivity contribution in [3.8, 4) is 5.75 Å². The van der Waals surface area contributed by atoms with Crippen LogP contribution in [-0.4, -0.2) is 24.9 Å². The van der Waals surface area contributed by atoms with Crippen molar-refractivity contribution in [3.63, 3.8) is 0 Å². The van der Waals surface area contributed by atoms with E-state index in [1.165, 1.54) is 6.92 Å². The number of rotatable bonds is 5. The van der Waals surface area contributed by atoms with Crippen LogP contribution in [0.4, 0.5) is 5.69 Å². The van der Waals surface area contributed by atoms with Crippen molar-refractivity contribution in [3.05, 3.63) is 92.6 Å². The van der Waals surface area contributed by atoms with Crippen LogP contribution in [0.1, 0.15) is 34.0 Å². The number of allylic oxidation sites excluding steroid dienone is 2. The molecule has 0 saturated carbocycles. The Bertz CT molecular complexity index is 1210. The number of aldehydes is 1. The van der Waals surface area contributed by atoms with E-state index in [-0.39, 0.29) is 5.78 Å². The normalized spacial score (nSPS) is 14.0. The van der Waals surface area contributed by atoms with Gasteiger partial charge in [0.1, 0.15) is 5.75 Å². The van der Waals surface area contributed by atoms with Gasteiger partial charge in [-0.05, 0) is 77.0 Å². The molecule has 0 bridgehead atoms. The number of carbonyl (C=O) groups is 2. The molecule has 0 N–H and O–H groups in total. The molecule has 4 rings (SSSR count). The molecule has 3 aromatic carbocycles. The second-order valence-corrected chi connectivity index (χ2v) is 8.13. The molecule has 1 aliphatic carbocycles. The van der Waals surface area contributed by atoms with E-state index in [0.29, 0.717) is 11.1 Å². The van der Waals surface area contributed by atoms with Crippen LogP contribution < -0.4 is 4.74 Å². The van der Waals surface area contributed by atoms with Gasteiger partial charge >= 0.3 is 0 Å². The van der Waals surface area contributed by atoms with Gasteiger partial charge in [0.2, 0.25) is 0 Å². The molecular formula is C25H18INO3. The third-order valence-corrected chi connectivity index (χ3v) is 5.72. The van der Waals surface area contributed by atoms with Crippen LogP contribution in [0.15, 0.2) is 71.7 Å². The van der Waals surface area contributed by atoms with Gasteiger partial charge in [-0.2, -0.15) is 0 Å². The Morgan fingerprint density at radius 1 is 0.967 bits per heavy atom. The molecular weight excluding hydrogens is 489 g/mol. The third-order valence-electron chi connectivity index (χ3n) is 5.04. The maximum absolute atomic E-state index is 12.1. The summed E-state index contributed by atoms with van der Waals surface area (Å²) in [7, 11) is 1.62. The van der Waals surface area contributed by atoms with E-state index in [4.69, 9.17) is 9.73 Å². The molecule has 0 atom stereocenters. The van der Waals surface area contributed by atoms with Crippen molar-refractivity contribution < 1.29 is 14.3 Å². The van der Waals surface area contributed by atoms with Crippen LogP contribution >= 0.6 is 22.6 Å². The molecule has 3 aromatic rings. The lowest BCUT2D eigenvalue weighted by molar-refractivity contribution is -0.103. The average Bonchev–Trinajstić information content (AvgIpc) is 3.06. The molecule has 0 spiro atoms. The zero-order valence-corrected chi connectivity index (χ0v) is 18.6. The van der Waals surface area contributed by atoms with Gasteiger partial charge in [-0.1, -0.05) is 30.3 Å². The Kier molecular flexibility index (Phi) is 5.63. The van der Waals surface area contributed by atoms with Crippen LogP contribution in [0.2, 0.25) is 0 Å². The fourth-order valence-electron chi connectivity index (χ4n) is 3.53. The number of aliphatic imine (C=N–C) groups is 1. The number of hydrogen-bond donors (Lipinski definition) is 0. The molecule has 0 saturated heterocycles. The van der Waals surface area contributed by atoms with Crippen LogP contribution in [0.5, 0.6) is 5.75 Å². The summed E-state index contributed by atoms with van der Waals surface area (Å²) in [6, 6.07) is 20.8. The quantitative estimate of drug-likeness (QED) is 0.251. The maximum atomic E-state index is 12.1. The van der Waals surface area contributed by atoms with Crippen LogP contribution in [0, 0.1) is 3.57 Å². The number of Topliss-reactive ketones (excluding diaryl/α,β-unsaturated/α-hetero) is 1. The van der Waals surface area contributed by atoms with Gasteiger partial charge < -0.3 is 4.74 Å². The van der Waals surface area contributed by atoms with E-state index in [1.54, 1.807) is 19.2 Å². The van der Waals surface area contributed by atoms with Crippen molar-refractivity contribution in [2.75, 3.05) is 7.11 Å². The molecule has 0 fully saturated rings. The van der Waals surface area contributed by atoms with E-state index >= 15 is 0 Å². The Morgan fingerprint density at radius 2 is 1.67 bits per heavy atom. The number of methoxy groups -OCH3 is 1. The standard InChI is InChI=1S/C25H18INO3/c1-15(29)16-3-5-17(6-4-16)24-23(14-28)22-13-18(26)7-12-21(22)25(24)27-19-8-10-20(30-2)11-9-19/h3-14H,1-2H3/b27-25+. The minimum absolute atomic E-state index is 0.00234. The van der Waals surface area contributed by atoms with Gasteiger partial charge in [-0.25, -0.2) is 4.99 Å². The lowest BCUT2D eigenvalue weighted by atomic mass is 9.97. The van der Waals surface area contributed by atoms with Gasteiger partial charge in [0.05, 0.1) is 18.5 Å². The fraction of sp³-hybridized carbons (Fsp3) is 0.0800. The summed E-state index contributed by atoms with van der Waals surface area (Å²) in [4.78, 5) is 28.7. The summed E-state index contributed by atoms with van der Waals surface area (Å²) in [6.07, 6.45) is 0.889. The van der Waals surface area contributed by atoms with E-state index in [2.05, 4.69) is 22.6 Å². The number of ether oxygens (including phenoxy) is 1. The van der Waals surface area contributed by atoms with Crippen LogP contribution in [0.25, 0.3) is 11.1 Å². The van der Waals surface area contributed by atoms with E-state index < -0.39 is 0 Å². The smallest absolute Gasteiger partial charge is 0.159 e. The van der Waals surface area contributed by atoms with Crippen molar-refractivity contribution >= 4 is 57.2 Å². The molecule has 5 heteroatoms. The molecule has 0 aliphatic heterocycles. The first-order valence-electron chi connectivity index (χ1n) is 9.36. The van der Waals surface area contributed by atoms with Gasteiger partial charge in [0.15, 0.2) is 12.1 Å².